The van der Waals surface area contributed by atoms with E-state index in [1.165, 1.54) is 6.33 Å². The minimum Gasteiger partial charge on any atom is -0.382 e. The Balaban J connectivity index is 2.55. The molecule has 0 saturated carbocycles. The minimum absolute atomic E-state index is 0.403. The molecule has 2 rings (SSSR count). The molecule has 2 aromatic rings. The molecule has 0 aliphatic rings. The van der Waals surface area contributed by atoms with Crippen molar-refractivity contribution in [3.8, 4) is 0 Å². The van der Waals surface area contributed by atoms with Gasteiger partial charge in [0.05, 0.1) is 0 Å². The number of aromatic amines is 1. The fraction of sp³-hybridized carbons (Fsp3) is 0.286. The van der Waals surface area contributed by atoms with Gasteiger partial charge in [0, 0.05) is 7.11 Å². The Morgan fingerprint density at radius 1 is 1.54 bits per heavy atom. The summed E-state index contributed by atoms with van der Waals surface area (Å²) in [6, 6.07) is 0. The van der Waals surface area contributed by atoms with Gasteiger partial charge in [-0.05, 0) is 0 Å². The molecule has 2 heterocycles. The average molecular weight is 179 g/mol. The van der Waals surface area contributed by atoms with E-state index in [2.05, 4.69) is 19.9 Å². The number of fused-ring (bicyclic) bond motifs is 1. The highest BCUT2D eigenvalue weighted by Crippen LogP contribution is 2.13. The first-order valence-corrected chi connectivity index (χ1v) is 3.75. The van der Waals surface area contributed by atoms with Crippen molar-refractivity contribution in [2.45, 2.75) is 6.61 Å². The predicted molar refractivity (Wildman–Crippen MR) is 46.8 cm³/mol. The molecule has 6 nitrogen and oxygen atoms in total. The zero-order valence-corrected chi connectivity index (χ0v) is 7.11. The molecule has 6 heteroatoms. The quantitative estimate of drug-likeness (QED) is 0.681. The lowest BCUT2D eigenvalue weighted by Crippen LogP contribution is -1.92. The van der Waals surface area contributed by atoms with Crippen LogP contribution in [0.2, 0.25) is 0 Å². The lowest BCUT2D eigenvalue weighted by atomic mass is 10.5. The van der Waals surface area contributed by atoms with Crippen LogP contribution in [0.5, 0.6) is 0 Å². The lowest BCUT2D eigenvalue weighted by molar-refractivity contribution is 0.179. The highest BCUT2D eigenvalue weighted by Gasteiger charge is 2.05. The number of nitrogens with zero attached hydrogens (tertiary/aromatic N) is 3. The van der Waals surface area contributed by atoms with E-state index in [4.69, 9.17) is 10.5 Å². The SMILES string of the molecule is COCc1nc2ncnc(N)c2[nH]1. The summed E-state index contributed by atoms with van der Waals surface area (Å²) < 4.78 is 4.91. The number of nitrogens with one attached hydrogen (secondary N) is 1. The number of aromatic nitrogens is 4. The van der Waals surface area contributed by atoms with Gasteiger partial charge >= 0.3 is 0 Å². The Morgan fingerprint density at radius 2 is 2.38 bits per heavy atom. The zero-order chi connectivity index (χ0) is 9.26. The smallest absolute Gasteiger partial charge is 0.183 e. The molecule has 13 heavy (non-hydrogen) atoms. The fourth-order valence-corrected chi connectivity index (χ4v) is 1.10. The van der Waals surface area contributed by atoms with E-state index in [0.29, 0.717) is 29.4 Å². The van der Waals surface area contributed by atoms with Gasteiger partial charge in [-0.15, -0.1) is 0 Å². The maximum absolute atomic E-state index is 5.60. The van der Waals surface area contributed by atoms with Crippen molar-refractivity contribution in [1.29, 1.82) is 0 Å². The van der Waals surface area contributed by atoms with Crippen molar-refractivity contribution >= 4 is 17.0 Å². The maximum Gasteiger partial charge on any atom is 0.183 e. The van der Waals surface area contributed by atoms with Crippen LogP contribution in [0.1, 0.15) is 5.82 Å². The number of hydrogen-bond donors (Lipinski definition) is 2. The van der Waals surface area contributed by atoms with Gasteiger partial charge in [0.15, 0.2) is 11.5 Å². The standard InChI is InChI=1S/C7H9N5O/c1-13-2-4-11-5-6(8)9-3-10-7(5)12-4/h3H,2H2,1H3,(H3,8,9,10,11,12). The van der Waals surface area contributed by atoms with E-state index >= 15 is 0 Å². The first kappa shape index (κ1) is 7.93. The Hall–Kier alpha value is -1.69. The van der Waals surface area contributed by atoms with Crippen LogP contribution < -0.4 is 5.73 Å². The number of nitrogens with two attached hydrogens (primary N) is 1. The first-order chi connectivity index (χ1) is 6.31. The highest BCUT2D eigenvalue weighted by atomic mass is 16.5. The van der Waals surface area contributed by atoms with Gasteiger partial charge in [-0.1, -0.05) is 0 Å². The molecule has 2 aromatic heterocycles. The second kappa shape index (κ2) is 2.98. The molecule has 0 bridgehead atoms. The van der Waals surface area contributed by atoms with Gasteiger partial charge in [-0.25, -0.2) is 15.0 Å². The molecule has 3 N–H and O–H groups in total. The van der Waals surface area contributed by atoms with Gasteiger partial charge in [0.1, 0.15) is 24.3 Å². The number of rotatable bonds is 2. The van der Waals surface area contributed by atoms with Gasteiger partial charge in [0.25, 0.3) is 0 Å². The van der Waals surface area contributed by atoms with Crippen molar-refractivity contribution in [3.63, 3.8) is 0 Å². The van der Waals surface area contributed by atoms with Crippen LogP contribution in [0.3, 0.4) is 0 Å². The average Bonchev–Trinajstić information content (AvgIpc) is 2.49. The van der Waals surface area contributed by atoms with Gasteiger partial charge < -0.3 is 15.5 Å². The molecule has 0 saturated heterocycles. The van der Waals surface area contributed by atoms with Crippen LogP contribution in [0.25, 0.3) is 11.2 Å². The molecule has 0 radical (unpaired) electrons. The molecule has 0 unspecified atom stereocenters. The third kappa shape index (κ3) is 1.31. The summed E-state index contributed by atoms with van der Waals surface area (Å²) in [4.78, 5) is 14.9. The Labute approximate surface area is 74.2 Å². The van der Waals surface area contributed by atoms with Crippen molar-refractivity contribution in [1.82, 2.24) is 19.9 Å². The monoisotopic (exact) mass is 179 g/mol. The number of imidazole rings is 1. The van der Waals surface area contributed by atoms with Crippen molar-refractivity contribution in [2.75, 3.05) is 12.8 Å². The number of H-pyrrole nitrogens is 1. The van der Waals surface area contributed by atoms with Gasteiger partial charge in [-0.2, -0.15) is 0 Å². The van der Waals surface area contributed by atoms with Crippen LogP contribution in [-0.4, -0.2) is 27.0 Å². The van der Waals surface area contributed by atoms with E-state index in [0.717, 1.165) is 0 Å². The Kier molecular flexibility index (Phi) is 1.82. The summed E-state index contributed by atoms with van der Waals surface area (Å²) in [6.45, 7) is 0.413. The fourth-order valence-electron chi connectivity index (χ4n) is 1.10. The predicted octanol–water partition coefficient (Wildman–Crippen LogP) is 0.0815. The van der Waals surface area contributed by atoms with Crippen LogP contribution >= 0.6 is 0 Å². The summed E-state index contributed by atoms with van der Waals surface area (Å²) in [6.07, 6.45) is 1.38. The Morgan fingerprint density at radius 3 is 3.08 bits per heavy atom. The van der Waals surface area contributed by atoms with Gasteiger partial charge in [0.2, 0.25) is 0 Å². The molecule has 0 aliphatic carbocycles. The molecular formula is C7H9N5O. The zero-order valence-electron chi connectivity index (χ0n) is 7.11. The molecule has 0 fully saturated rings. The summed E-state index contributed by atoms with van der Waals surface area (Å²) in [5.74, 6) is 1.10. The largest absolute Gasteiger partial charge is 0.382 e. The van der Waals surface area contributed by atoms with E-state index in [-0.39, 0.29) is 0 Å². The van der Waals surface area contributed by atoms with Crippen LogP contribution in [0.15, 0.2) is 6.33 Å². The van der Waals surface area contributed by atoms with Crippen molar-refractivity contribution in [3.05, 3.63) is 12.2 Å². The third-order valence-electron chi connectivity index (χ3n) is 1.65. The number of nitrogen functional groups attached to an aromatic ring is 1. The summed E-state index contributed by atoms with van der Waals surface area (Å²) in [7, 11) is 1.60. The normalized spacial score (nSPS) is 10.8. The molecule has 0 spiro atoms. The molecule has 68 valence electrons. The topological polar surface area (TPSA) is 89.7 Å². The van der Waals surface area contributed by atoms with Crippen molar-refractivity contribution in [2.24, 2.45) is 0 Å². The van der Waals surface area contributed by atoms with Gasteiger partial charge in [-0.3, -0.25) is 0 Å². The van der Waals surface area contributed by atoms with E-state index in [1.807, 2.05) is 0 Å². The number of ether oxygens (including phenoxy) is 1. The molecule has 0 aliphatic heterocycles. The third-order valence-corrected chi connectivity index (χ3v) is 1.65. The number of anilines is 1. The van der Waals surface area contributed by atoms with E-state index in [1.54, 1.807) is 7.11 Å². The second-order valence-electron chi connectivity index (χ2n) is 2.57. The van der Waals surface area contributed by atoms with E-state index < -0.39 is 0 Å². The Bertz CT molecular complexity index is 424. The summed E-state index contributed by atoms with van der Waals surface area (Å²) in [5, 5.41) is 0. The minimum atomic E-state index is 0.403. The number of hydrogen-bond acceptors (Lipinski definition) is 5. The molecule has 0 aromatic carbocycles. The number of methoxy groups -OCH3 is 1. The highest BCUT2D eigenvalue weighted by molar-refractivity contribution is 5.80. The first-order valence-electron chi connectivity index (χ1n) is 3.75. The maximum atomic E-state index is 5.60. The summed E-state index contributed by atoms with van der Waals surface area (Å²) in [5.41, 5.74) is 6.83. The van der Waals surface area contributed by atoms with E-state index in [9.17, 15) is 0 Å². The van der Waals surface area contributed by atoms with Crippen LogP contribution in [0, 0.1) is 0 Å². The lowest BCUT2D eigenvalue weighted by Gasteiger charge is -1.91. The van der Waals surface area contributed by atoms with Crippen LogP contribution in [-0.2, 0) is 11.3 Å². The van der Waals surface area contributed by atoms with Crippen molar-refractivity contribution < 1.29 is 4.74 Å². The molecular weight excluding hydrogens is 170 g/mol. The molecule has 0 atom stereocenters. The van der Waals surface area contributed by atoms with Crippen LogP contribution in [0.4, 0.5) is 5.82 Å². The summed E-state index contributed by atoms with van der Waals surface area (Å²) >= 11 is 0. The molecule has 0 amide bonds. The second-order valence-corrected chi connectivity index (χ2v) is 2.57.